The van der Waals surface area contributed by atoms with Crippen molar-refractivity contribution in [2.24, 2.45) is 0 Å². The monoisotopic (exact) mass is 295 g/mol. The molecule has 4 nitrogen and oxygen atoms in total. The van der Waals surface area contributed by atoms with Gasteiger partial charge in [0.25, 0.3) is 0 Å². The SMILES string of the molecule is CC(=O)NC(S)C(S)CCCCS(=O)O.[NaH]. The standard InChI is InChI=1S/C8H17NO3S3.Na.H/c1-6(10)9-8(14)7(13)4-2-3-5-15(11)12;;/h7-8,13-14H,2-5H2,1H3,(H,9,10)(H,11,12);;. The molecule has 3 unspecified atom stereocenters. The first-order valence-electron chi connectivity index (χ1n) is 4.64. The van der Waals surface area contributed by atoms with E-state index in [-0.39, 0.29) is 51.8 Å². The average Bonchev–Trinajstić information content (AvgIpc) is 2.10. The zero-order valence-corrected chi connectivity index (χ0v) is 11.2. The van der Waals surface area contributed by atoms with Crippen LogP contribution in [0.5, 0.6) is 0 Å². The zero-order valence-electron chi connectivity index (χ0n) is 8.55. The summed E-state index contributed by atoms with van der Waals surface area (Å²) in [4.78, 5) is 10.7. The first-order chi connectivity index (χ1) is 6.93. The molecule has 3 atom stereocenters. The molecule has 0 bridgehead atoms. The van der Waals surface area contributed by atoms with Gasteiger partial charge in [0.1, 0.15) is 0 Å². The van der Waals surface area contributed by atoms with E-state index < -0.39 is 11.1 Å². The summed E-state index contributed by atoms with van der Waals surface area (Å²) in [7, 11) is 0. The normalized spacial score (nSPS) is 15.8. The van der Waals surface area contributed by atoms with Gasteiger partial charge in [0.15, 0.2) is 11.1 Å². The first kappa shape index (κ1) is 19.6. The molecule has 0 aliphatic heterocycles. The number of nitrogens with one attached hydrogen (secondary N) is 1. The van der Waals surface area contributed by atoms with Crippen molar-refractivity contribution in [2.75, 3.05) is 5.75 Å². The van der Waals surface area contributed by atoms with Crippen LogP contribution in [0.4, 0.5) is 0 Å². The van der Waals surface area contributed by atoms with Crippen molar-refractivity contribution >= 4 is 71.8 Å². The van der Waals surface area contributed by atoms with E-state index in [1.54, 1.807) is 0 Å². The fraction of sp³-hybridized carbons (Fsp3) is 0.875. The van der Waals surface area contributed by atoms with Gasteiger partial charge in [-0.2, -0.15) is 25.3 Å². The molecule has 0 rings (SSSR count). The van der Waals surface area contributed by atoms with E-state index >= 15 is 0 Å². The van der Waals surface area contributed by atoms with Crippen molar-refractivity contribution < 1.29 is 13.6 Å². The number of hydrogen-bond acceptors (Lipinski definition) is 4. The molecule has 16 heavy (non-hydrogen) atoms. The van der Waals surface area contributed by atoms with Crippen LogP contribution in [0.25, 0.3) is 0 Å². The molecule has 2 N–H and O–H groups in total. The molecule has 0 saturated heterocycles. The summed E-state index contributed by atoms with van der Waals surface area (Å²) in [6, 6.07) is 0. The van der Waals surface area contributed by atoms with E-state index in [9.17, 15) is 9.00 Å². The third kappa shape index (κ3) is 11.8. The molecular weight excluding hydrogens is 277 g/mol. The third-order valence-electron chi connectivity index (χ3n) is 1.78. The summed E-state index contributed by atoms with van der Waals surface area (Å²) in [6.45, 7) is 1.43. The number of hydrogen-bond donors (Lipinski definition) is 4. The Balaban J connectivity index is 0. The van der Waals surface area contributed by atoms with E-state index in [0.29, 0.717) is 6.42 Å². The molecule has 0 radical (unpaired) electrons. The molecule has 0 aliphatic rings. The molecule has 0 aromatic rings. The molecule has 0 saturated carbocycles. The van der Waals surface area contributed by atoms with Crippen LogP contribution in [0.15, 0.2) is 0 Å². The Hall–Kier alpha value is 1.28. The van der Waals surface area contributed by atoms with Crippen molar-refractivity contribution in [1.29, 1.82) is 0 Å². The van der Waals surface area contributed by atoms with Gasteiger partial charge < -0.3 is 9.87 Å². The summed E-state index contributed by atoms with van der Waals surface area (Å²) in [5.41, 5.74) is 0. The van der Waals surface area contributed by atoms with Crippen molar-refractivity contribution in [1.82, 2.24) is 5.32 Å². The van der Waals surface area contributed by atoms with Gasteiger partial charge in [-0.05, 0) is 12.8 Å². The Morgan fingerprint density at radius 3 is 2.44 bits per heavy atom. The molecule has 92 valence electrons. The fourth-order valence-corrected chi connectivity index (χ4v) is 2.08. The molecular formula is C8H18NNaO3S3. The molecule has 8 heteroatoms. The summed E-state index contributed by atoms with van der Waals surface area (Å²) >= 11 is 6.77. The van der Waals surface area contributed by atoms with Crippen molar-refractivity contribution in [3.05, 3.63) is 0 Å². The number of rotatable bonds is 7. The van der Waals surface area contributed by atoms with E-state index in [1.807, 2.05) is 0 Å². The maximum absolute atomic E-state index is 10.7. The second-order valence-electron chi connectivity index (χ2n) is 3.23. The summed E-state index contributed by atoms with van der Waals surface area (Å²) < 4.78 is 18.9. The Morgan fingerprint density at radius 2 is 2.00 bits per heavy atom. The van der Waals surface area contributed by atoms with Gasteiger partial charge in [0.2, 0.25) is 5.91 Å². The summed E-state index contributed by atoms with van der Waals surface area (Å²) in [5, 5.41) is 2.32. The van der Waals surface area contributed by atoms with Crippen LogP contribution in [0.3, 0.4) is 0 Å². The molecule has 1 amide bonds. The van der Waals surface area contributed by atoms with Crippen LogP contribution in [0, 0.1) is 0 Å². The second-order valence-corrected chi connectivity index (χ2v) is 5.50. The van der Waals surface area contributed by atoms with Gasteiger partial charge in [0.05, 0.1) is 5.37 Å². The fourth-order valence-electron chi connectivity index (χ4n) is 1.04. The van der Waals surface area contributed by atoms with Crippen LogP contribution in [-0.2, 0) is 15.9 Å². The van der Waals surface area contributed by atoms with Crippen molar-refractivity contribution in [3.8, 4) is 0 Å². The molecule has 0 aromatic carbocycles. The van der Waals surface area contributed by atoms with Gasteiger partial charge in [-0.25, -0.2) is 4.21 Å². The van der Waals surface area contributed by atoms with Crippen LogP contribution in [-0.4, -0.2) is 60.6 Å². The molecule has 0 aliphatic carbocycles. The number of carbonyl (C=O) groups excluding carboxylic acids is 1. The topological polar surface area (TPSA) is 66.4 Å². The van der Waals surface area contributed by atoms with Crippen molar-refractivity contribution in [2.45, 2.75) is 36.8 Å². The predicted molar refractivity (Wildman–Crippen MR) is 76.0 cm³/mol. The van der Waals surface area contributed by atoms with E-state index in [2.05, 4.69) is 30.6 Å². The molecule has 0 aromatic heterocycles. The first-order valence-corrected chi connectivity index (χ1v) is 6.95. The van der Waals surface area contributed by atoms with Gasteiger partial charge >= 0.3 is 29.6 Å². The van der Waals surface area contributed by atoms with E-state index in [1.165, 1.54) is 6.92 Å². The molecule has 0 heterocycles. The van der Waals surface area contributed by atoms with Crippen LogP contribution in [0.1, 0.15) is 26.2 Å². The van der Waals surface area contributed by atoms with Gasteiger partial charge in [0, 0.05) is 17.9 Å². The average molecular weight is 295 g/mol. The Morgan fingerprint density at radius 1 is 1.44 bits per heavy atom. The van der Waals surface area contributed by atoms with Crippen LogP contribution >= 0.6 is 25.3 Å². The molecule has 0 fully saturated rings. The van der Waals surface area contributed by atoms with E-state index in [0.717, 1.165) is 12.8 Å². The van der Waals surface area contributed by atoms with Gasteiger partial charge in [-0.1, -0.05) is 6.42 Å². The minimum atomic E-state index is -1.71. The number of amides is 1. The zero-order chi connectivity index (χ0) is 11.8. The van der Waals surface area contributed by atoms with Crippen LogP contribution < -0.4 is 5.32 Å². The van der Waals surface area contributed by atoms with Gasteiger partial charge in [-0.3, -0.25) is 4.79 Å². The predicted octanol–water partition coefficient (Wildman–Crippen LogP) is 0.420. The number of carbonyl (C=O) groups is 1. The maximum atomic E-state index is 10.7. The van der Waals surface area contributed by atoms with Crippen molar-refractivity contribution in [3.63, 3.8) is 0 Å². The van der Waals surface area contributed by atoms with E-state index in [4.69, 9.17) is 4.55 Å². The minimum absolute atomic E-state index is 0. The Labute approximate surface area is 132 Å². The second kappa shape index (κ2) is 11.4. The third-order valence-corrected chi connectivity index (χ3v) is 3.70. The number of unbranched alkanes of at least 4 members (excludes halogenated alkanes) is 1. The molecule has 0 spiro atoms. The summed E-state index contributed by atoms with van der Waals surface area (Å²) in [5.74, 6) is 0.156. The number of thiol groups is 2. The Kier molecular flexibility index (Phi) is 13.9. The van der Waals surface area contributed by atoms with Crippen LogP contribution in [0.2, 0.25) is 0 Å². The van der Waals surface area contributed by atoms with Gasteiger partial charge in [-0.15, -0.1) is 0 Å². The quantitative estimate of drug-likeness (QED) is 0.181. The Bertz CT molecular complexity index is 231. The summed E-state index contributed by atoms with van der Waals surface area (Å²) in [6.07, 6.45) is 2.24.